The minimum Gasteiger partial charge on any atom is -0.507 e. The zero-order chi connectivity index (χ0) is 23.5. The van der Waals surface area contributed by atoms with Crippen molar-refractivity contribution in [3.05, 3.63) is 126 Å². The summed E-state index contributed by atoms with van der Waals surface area (Å²) in [7, 11) is 0. The maximum atomic E-state index is 13.1. The number of ether oxygens (including phenoxy) is 1. The van der Waals surface area contributed by atoms with Crippen LogP contribution < -0.4 is 4.74 Å². The Bertz CT molecular complexity index is 1340. The first-order valence-corrected chi connectivity index (χ1v) is 10.8. The average Bonchev–Trinajstić information content (AvgIpc) is 3.47. The van der Waals surface area contributed by atoms with Crippen LogP contribution in [0.5, 0.6) is 11.5 Å². The Morgan fingerprint density at radius 2 is 1.56 bits per heavy atom. The molecule has 1 unspecified atom stereocenters. The van der Waals surface area contributed by atoms with Gasteiger partial charge >= 0.3 is 0 Å². The van der Waals surface area contributed by atoms with Crippen molar-refractivity contribution in [2.45, 2.75) is 12.6 Å². The highest BCUT2D eigenvalue weighted by molar-refractivity contribution is 6.46. The fourth-order valence-electron chi connectivity index (χ4n) is 4.08. The van der Waals surface area contributed by atoms with E-state index in [2.05, 4.69) is 0 Å². The first kappa shape index (κ1) is 21.3. The second-order valence-electron chi connectivity index (χ2n) is 7.86. The summed E-state index contributed by atoms with van der Waals surface area (Å²) in [6.07, 6.45) is 1.51. The third-order valence-corrected chi connectivity index (χ3v) is 5.65. The normalized spacial score (nSPS) is 17.2. The standard InChI is InChI=1S/C28H21NO5/c30-26(19-9-3-1-4-10-19)24-25(29(28(32)27(24)31)18-23-15-8-16-33-23)20-11-7-14-22(17-20)34-21-12-5-2-6-13-21/h1-17,25,30H,18H2/b26-24+. The molecular formula is C28H21NO5. The van der Waals surface area contributed by atoms with Crippen LogP contribution in [0.2, 0.25) is 0 Å². The average molecular weight is 451 g/mol. The summed E-state index contributed by atoms with van der Waals surface area (Å²) >= 11 is 0. The van der Waals surface area contributed by atoms with Crippen LogP contribution in [0.1, 0.15) is 22.9 Å². The lowest BCUT2D eigenvalue weighted by atomic mass is 9.95. The molecule has 1 aromatic heterocycles. The van der Waals surface area contributed by atoms with Crippen molar-refractivity contribution < 1.29 is 23.8 Å². The number of benzene rings is 3. The number of rotatable bonds is 6. The number of amides is 1. The zero-order valence-corrected chi connectivity index (χ0v) is 18.1. The van der Waals surface area contributed by atoms with Crippen molar-refractivity contribution in [3.8, 4) is 11.5 Å². The number of carbonyl (C=O) groups is 2. The minimum atomic E-state index is -0.815. The van der Waals surface area contributed by atoms with E-state index in [0.717, 1.165) is 0 Å². The highest BCUT2D eigenvalue weighted by Gasteiger charge is 2.46. The molecule has 0 saturated carbocycles. The Morgan fingerprint density at radius 1 is 0.853 bits per heavy atom. The van der Waals surface area contributed by atoms with Crippen molar-refractivity contribution in [1.29, 1.82) is 0 Å². The van der Waals surface area contributed by atoms with E-state index in [4.69, 9.17) is 9.15 Å². The minimum absolute atomic E-state index is 0.0274. The molecule has 0 spiro atoms. The summed E-state index contributed by atoms with van der Waals surface area (Å²) in [4.78, 5) is 27.7. The first-order chi connectivity index (χ1) is 16.6. The van der Waals surface area contributed by atoms with Crippen molar-refractivity contribution in [3.63, 3.8) is 0 Å². The van der Waals surface area contributed by atoms with E-state index in [1.165, 1.54) is 11.2 Å². The number of Topliss-reactive ketones (excluding diaryl/α,β-unsaturated/α-hetero) is 1. The maximum Gasteiger partial charge on any atom is 0.296 e. The van der Waals surface area contributed by atoms with Gasteiger partial charge in [-0.2, -0.15) is 0 Å². The van der Waals surface area contributed by atoms with Crippen LogP contribution in [0.4, 0.5) is 0 Å². The maximum absolute atomic E-state index is 13.1. The van der Waals surface area contributed by atoms with Crippen LogP contribution >= 0.6 is 0 Å². The molecule has 1 saturated heterocycles. The highest BCUT2D eigenvalue weighted by atomic mass is 16.5. The van der Waals surface area contributed by atoms with Crippen molar-refractivity contribution in [1.82, 2.24) is 4.90 Å². The van der Waals surface area contributed by atoms with Gasteiger partial charge in [-0.1, -0.05) is 60.7 Å². The summed E-state index contributed by atoms with van der Waals surface area (Å²) in [5, 5.41) is 11.1. The van der Waals surface area contributed by atoms with E-state index in [0.29, 0.717) is 28.4 Å². The molecule has 1 aliphatic heterocycles. The summed E-state index contributed by atoms with van der Waals surface area (Å²) in [6.45, 7) is 0.0809. The molecule has 1 amide bonds. The third kappa shape index (κ3) is 4.09. The van der Waals surface area contributed by atoms with Gasteiger partial charge < -0.3 is 19.2 Å². The number of hydrogen-bond acceptors (Lipinski definition) is 5. The number of hydrogen-bond donors (Lipinski definition) is 1. The van der Waals surface area contributed by atoms with Crippen LogP contribution in [0.15, 0.2) is 113 Å². The quantitative estimate of drug-likeness (QED) is 0.231. The Labute approximate surface area is 196 Å². The van der Waals surface area contributed by atoms with Crippen molar-refractivity contribution >= 4 is 17.4 Å². The lowest BCUT2D eigenvalue weighted by Crippen LogP contribution is -2.29. The molecule has 6 heteroatoms. The fraction of sp³-hybridized carbons (Fsp3) is 0.0714. The topological polar surface area (TPSA) is 80.0 Å². The molecule has 34 heavy (non-hydrogen) atoms. The number of furan rings is 1. The Morgan fingerprint density at radius 3 is 2.26 bits per heavy atom. The SMILES string of the molecule is O=C1C(=O)N(Cc2ccco2)C(c2cccc(Oc3ccccc3)c2)/C1=C(\O)c1ccccc1. The fourth-order valence-corrected chi connectivity index (χ4v) is 4.08. The lowest BCUT2D eigenvalue weighted by Gasteiger charge is -2.25. The molecule has 6 nitrogen and oxygen atoms in total. The number of carbonyl (C=O) groups excluding carboxylic acids is 2. The first-order valence-electron chi connectivity index (χ1n) is 10.8. The van der Waals surface area contributed by atoms with Gasteiger partial charge in [-0.05, 0) is 42.0 Å². The number of aliphatic hydroxyl groups excluding tert-OH is 1. The molecule has 1 aliphatic rings. The van der Waals surface area contributed by atoms with Crippen LogP contribution in [-0.2, 0) is 16.1 Å². The van der Waals surface area contributed by atoms with E-state index in [1.54, 1.807) is 54.6 Å². The number of ketones is 1. The predicted octanol–water partition coefficient (Wildman–Crippen LogP) is 5.69. The number of likely N-dealkylation sites (tertiary alicyclic amines) is 1. The predicted molar refractivity (Wildman–Crippen MR) is 126 cm³/mol. The van der Waals surface area contributed by atoms with E-state index < -0.39 is 17.7 Å². The molecule has 0 radical (unpaired) electrons. The largest absolute Gasteiger partial charge is 0.507 e. The van der Waals surface area contributed by atoms with E-state index >= 15 is 0 Å². The molecule has 3 aromatic carbocycles. The van der Waals surface area contributed by atoms with Crippen molar-refractivity contribution in [2.24, 2.45) is 0 Å². The summed E-state index contributed by atoms with van der Waals surface area (Å²) in [5.41, 5.74) is 1.12. The Hall–Kier alpha value is -4.58. The van der Waals surface area contributed by atoms with Gasteiger partial charge in [0.05, 0.1) is 24.4 Å². The molecule has 2 heterocycles. The Balaban J connectivity index is 1.61. The molecule has 5 rings (SSSR count). The van der Waals surface area contributed by atoms with Crippen LogP contribution in [0, 0.1) is 0 Å². The highest BCUT2D eigenvalue weighted by Crippen LogP contribution is 2.41. The van der Waals surface area contributed by atoms with E-state index in [1.807, 2.05) is 42.5 Å². The van der Waals surface area contributed by atoms with Gasteiger partial charge in [0.1, 0.15) is 23.0 Å². The zero-order valence-electron chi connectivity index (χ0n) is 18.1. The van der Waals surface area contributed by atoms with E-state index in [-0.39, 0.29) is 17.9 Å². The molecule has 4 aromatic rings. The lowest BCUT2D eigenvalue weighted by molar-refractivity contribution is -0.140. The van der Waals surface area contributed by atoms with Gasteiger partial charge in [0.25, 0.3) is 11.7 Å². The molecule has 1 atom stereocenters. The van der Waals surface area contributed by atoms with Crippen LogP contribution in [-0.4, -0.2) is 21.7 Å². The smallest absolute Gasteiger partial charge is 0.296 e. The monoisotopic (exact) mass is 451 g/mol. The summed E-state index contributed by atoms with van der Waals surface area (Å²) in [6, 6.07) is 27.9. The molecular weight excluding hydrogens is 430 g/mol. The van der Waals surface area contributed by atoms with E-state index in [9.17, 15) is 14.7 Å². The van der Waals surface area contributed by atoms with Gasteiger partial charge in [-0.15, -0.1) is 0 Å². The molecule has 1 N–H and O–H groups in total. The number of para-hydroxylation sites is 1. The molecule has 0 aliphatic carbocycles. The van der Waals surface area contributed by atoms with Gasteiger partial charge in [-0.25, -0.2) is 0 Å². The van der Waals surface area contributed by atoms with Gasteiger partial charge in [-0.3, -0.25) is 9.59 Å². The van der Waals surface area contributed by atoms with Crippen LogP contribution in [0.3, 0.4) is 0 Å². The molecule has 1 fully saturated rings. The summed E-state index contributed by atoms with van der Waals surface area (Å²) < 4.78 is 11.4. The van der Waals surface area contributed by atoms with Crippen LogP contribution in [0.25, 0.3) is 5.76 Å². The Kier molecular flexibility index (Phi) is 5.70. The summed E-state index contributed by atoms with van der Waals surface area (Å²) in [5.74, 6) is 0.0738. The number of aliphatic hydroxyl groups is 1. The van der Waals surface area contributed by atoms with Gasteiger partial charge in [0.2, 0.25) is 0 Å². The second-order valence-corrected chi connectivity index (χ2v) is 7.86. The third-order valence-electron chi connectivity index (χ3n) is 5.65. The van der Waals surface area contributed by atoms with Gasteiger partial charge in [0, 0.05) is 5.56 Å². The second kappa shape index (κ2) is 9.11. The molecule has 168 valence electrons. The van der Waals surface area contributed by atoms with Gasteiger partial charge in [0.15, 0.2) is 0 Å². The molecule has 0 bridgehead atoms. The number of nitrogens with zero attached hydrogens (tertiary/aromatic N) is 1. The van der Waals surface area contributed by atoms with Crippen molar-refractivity contribution in [2.75, 3.05) is 0 Å².